The number of para-hydroxylation sites is 1. The van der Waals surface area contributed by atoms with Crippen LogP contribution in [0.4, 0.5) is 5.69 Å². The highest BCUT2D eigenvalue weighted by Crippen LogP contribution is 2.40. The zero-order valence-electron chi connectivity index (χ0n) is 13.9. The summed E-state index contributed by atoms with van der Waals surface area (Å²) in [7, 11) is 0. The van der Waals surface area contributed by atoms with Crippen LogP contribution in [0.15, 0.2) is 71.6 Å². The Kier molecular flexibility index (Phi) is 5.05. The third-order valence-corrected chi connectivity index (χ3v) is 4.51. The van der Waals surface area contributed by atoms with Gasteiger partial charge in [-0.15, -0.1) is 0 Å². The van der Waals surface area contributed by atoms with Crippen molar-refractivity contribution in [3.05, 3.63) is 88.0 Å². The van der Waals surface area contributed by atoms with Crippen molar-refractivity contribution in [3.63, 3.8) is 0 Å². The maximum atomic E-state index is 11.4. The number of nitrogens with zero attached hydrogens (tertiary/aromatic N) is 1. The smallest absolute Gasteiger partial charge is 0.313 e. The third kappa shape index (κ3) is 4.00. The second-order valence-electron chi connectivity index (χ2n) is 5.76. The Labute approximate surface area is 150 Å². The summed E-state index contributed by atoms with van der Waals surface area (Å²) in [5, 5.41) is 11.4. The highest BCUT2D eigenvalue weighted by molar-refractivity contribution is 7.95. The predicted octanol–water partition coefficient (Wildman–Crippen LogP) is 5.96. The number of hydrogen-bond acceptors (Lipinski definition) is 4. The van der Waals surface area contributed by atoms with Gasteiger partial charge in [-0.25, -0.2) is 0 Å². The Hall–Kier alpha value is -2.79. The molecule has 0 atom stereocenters. The van der Waals surface area contributed by atoms with Crippen LogP contribution in [-0.4, -0.2) is 4.92 Å². The molecule has 0 saturated carbocycles. The van der Waals surface area contributed by atoms with Crippen molar-refractivity contribution in [2.75, 3.05) is 0 Å². The maximum absolute atomic E-state index is 11.4. The van der Waals surface area contributed by atoms with Crippen molar-refractivity contribution < 1.29 is 9.11 Å². The fourth-order valence-corrected chi connectivity index (χ4v) is 3.00. The summed E-state index contributed by atoms with van der Waals surface area (Å²) in [5.41, 5.74) is 3.82. The Morgan fingerprint density at radius 3 is 2.08 bits per heavy atom. The fraction of sp³-hybridized carbons (Fsp3) is 0.100. The van der Waals surface area contributed by atoms with Crippen LogP contribution in [0.1, 0.15) is 11.1 Å². The summed E-state index contributed by atoms with van der Waals surface area (Å²) >= 11 is 1.12. The van der Waals surface area contributed by atoms with E-state index in [9.17, 15) is 10.1 Å². The van der Waals surface area contributed by atoms with Gasteiger partial charge < -0.3 is 4.18 Å². The molecule has 0 radical (unpaired) electrons. The van der Waals surface area contributed by atoms with Crippen LogP contribution in [0, 0.1) is 24.0 Å². The van der Waals surface area contributed by atoms with Crippen LogP contribution >= 0.6 is 12.0 Å². The molecule has 4 nitrogen and oxygen atoms in total. The first-order valence-electron chi connectivity index (χ1n) is 7.80. The zero-order chi connectivity index (χ0) is 17.8. The topological polar surface area (TPSA) is 52.4 Å². The summed E-state index contributed by atoms with van der Waals surface area (Å²) in [6.45, 7) is 4.01. The first-order chi connectivity index (χ1) is 12.0. The maximum Gasteiger partial charge on any atom is 0.313 e. The summed E-state index contributed by atoms with van der Waals surface area (Å²) in [5.74, 6) is 0.266. The highest BCUT2D eigenvalue weighted by Gasteiger charge is 2.21. The molecule has 3 aromatic carbocycles. The predicted molar refractivity (Wildman–Crippen MR) is 101 cm³/mol. The molecule has 0 bridgehead atoms. The lowest BCUT2D eigenvalue weighted by Gasteiger charge is -2.11. The minimum absolute atomic E-state index is 0.0438. The van der Waals surface area contributed by atoms with Crippen LogP contribution in [0.3, 0.4) is 0 Å². The molecule has 0 aliphatic rings. The van der Waals surface area contributed by atoms with E-state index in [0.29, 0.717) is 5.56 Å². The molecule has 0 aliphatic heterocycles. The molecule has 0 aromatic heterocycles. The number of hydrogen-bond donors (Lipinski definition) is 0. The van der Waals surface area contributed by atoms with Gasteiger partial charge in [0.05, 0.1) is 17.0 Å². The van der Waals surface area contributed by atoms with Crippen LogP contribution < -0.4 is 4.18 Å². The largest absolute Gasteiger partial charge is 0.413 e. The van der Waals surface area contributed by atoms with Crippen molar-refractivity contribution >= 4 is 17.7 Å². The third-order valence-electron chi connectivity index (χ3n) is 3.80. The van der Waals surface area contributed by atoms with E-state index in [1.54, 1.807) is 6.07 Å². The Morgan fingerprint density at radius 2 is 1.48 bits per heavy atom. The van der Waals surface area contributed by atoms with Gasteiger partial charge in [-0.2, -0.15) is 0 Å². The van der Waals surface area contributed by atoms with Gasteiger partial charge in [0.2, 0.25) is 5.75 Å². The van der Waals surface area contributed by atoms with Crippen LogP contribution in [0.5, 0.6) is 5.75 Å². The van der Waals surface area contributed by atoms with E-state index in [4.69, 9.17) is 4.18 Å². The summed E-state index contributed by atoms with van der Waals surface area (Å²) < 4.78 is 5.82. The van der Waals surface area contributed by atoms with Gasteiger partial charge in [-0.3, -0.25) is 10.1 Å². The molecule has 3 rings (SSSR count). The second-order valence-corrected chi connectivity index (χ2v) is 6.56. The minimum Gasteiger partial charge on any atom is -0.413 e. The average molecular weight is 351 g/mol. The second kappa shape index (κ2) is 7.40. The van der Waals surface area contributed by atoms with Crippen molar-refractivity contribution in [2.24, 2.45) is 0 Å². The van der Waals surface area contributed by atoms with Gasteiger partial charge in [-0.05, 0) is 31.5 Å². The Balaban J connectivity index is 1.98. The van der Waals surface area contributed by atoms with Crippen molar-refractivity contribution in [1.82, 2.24) is 0 Å². The molecule has 0 spiro atoms. The molecule has 3 aromatic rings. The standard InChI is InChI=1S/C20H17NO3S/c1-14-6-10-16(11-7-14)18-4-3-5-19(21(22)23)20(18)24-25-17-12-8-15(2)9-13-17/h3-13H,1-2H3. The Morgan fingerprint density at radius 1 is 0.880 bits per heavy atom. The molecule has 0 unspecified atom stereocenters. The van der Waals surface area contributed by atoms with E-state index >= 15 is 0 Å². The number of rotatable bonds is 5. The first-order valence-corrected chi connectivity index (χ1v) is 8.54. The van der Waals surface area contributed by atoms with E-state index in [1.165, 1.54) is 6.07 Å². The summed E-state index contributed by atoms with van der Waals surface area (Å²) in [6, 6.07) is 20.6. The highest BCUT2D eigenvalue weighted by atomic mass is 32.2. The SMILES string of the molecule is Cc1ccc(SOc2c(-c3ccc(C)cc3)cccc2[N+](=O)[O-])cc1. The van der Waals surface area contributed by atoms with Crippen LogP contribution in [0.2, 0.25) is 0 Å². The van der Waals surface area contributed by atoms with E-state index < -0.39 is 4.92 Å². The zero-order valence-corrected chi connectivity index (χ0v) is 14.7. The number of nitro benzene ring substituents is 1. The molecule has 0 N–H and O–H groups in total. The lowest BCUT2D eigenvalue weighted by molar-refractivity contribution is -0.385. The van der Waals surface area contributed by atoms with E-state index in [-0.39, 0.29) is 11.4 Å². The van der Waals surface area contributed by atoms with Crippen LogP contribution in [-0.2, 0) is 0 Å². The lowest BCUT2D eigenvalue weighted by atomic mass is 10.0. The van der Waals surface area contributed by atoms with Gasteiger partial charge in [0, 0.05) is 16.5 Å². The number of aryl methyl sites for hydroxylation is 2. The molecule has 0 fully saturated rings. The van der Waals surface area contributed by atoms with Crippen molar-refractivity contribution in [1.29, 1.82) is 0 Å². The molecule has 0 heterocycles. The fourth-order valence-electron chi connectivity index (χ4n) is 2.40. The lowest BCUT2D eigenvalue weighted by Crippen LogP contribution is -1.95. The molecule has 0 aliphatic carbocycles. The molecular weight excluding hydrogens is 334 g/mol. The molecule has 5 heteroatoms. The summed E-state index contributed by atoms with van der Waals surface area (Å²) in [6.07, 6.45) is 0. The monoisotopic (exact) mass is 351 g/mol. The number of benzene rings is 3. The van der Waals surface area contributed by atoms with Gasteiger partial charge >= 0.3 is 5.69 Å². The van der Waals surface area contributed by atoms with E-state index in [2.05, 4.69) is 0 Å². The number of nitro groups is 1. The normalized spacial score (nSPS) is 10.5. The molecule has 25 heavy (non-hydrogen) atoms. The molecule has 126 valence electrons. The van der Waals surface area contributed by atoms with Gasteiger partial charge in [0.1, 0.15) is 0 Å². The quantitative estimate of drug-likeness (QED) is 0.323. The summed E-state index contributed by atoms with van der Waals surface area (Å²) in [4.78, 5) is 11.9. The van der Waals surface area contributed by atoms with Crippen LogP contribution in [0.25, 0.3) is 11.1 Å². The molecule has 0 amide bonds. The average Bonchev–Trinajstić information content (AvgIpc) is 2.61. The minimum atomic E-state index is -0.414. The first kappa shape index (κ1) is 17.0. The Bertz CT molecular complexity index is 890. The van der Waals surface area contributed by atoms with Crippen molar-refractivity contribution in [3.8, 4) is 16.9 Å². The van der Waals surface area contributed by atoms with Gasteiger partial charge in [0.25, 0.3) is 0 Å². The van der Waals surface area contributed by atoms with E-state index in [1.807, 2.05) is 68.4 Å². The molecule has 0 saturated heterocycles. The van der Waals surface area contributed by atoms with E-state index in [0.717, 1.165) is 33.6 Å². The van der Waals surface area contributed by atoms with Gasteiger partial charge in [0.15, 0.2) is 0 Å². The van der Waals surface area contributed by atoms with Crippen molar-refractivity contribution in [2.45, 2.75) is 18.7 Å². The molecular formula is C20H17NO3S. The van der Waals surface area contributed by atoms with Gasteiger partial charge in [-0.1, -0.05) is 59.7 Å².